The third-order valence-electron chi connectivity index (χ3n) is 2.21. The van der Waals surface area contributed by atoms with Crippen molar-refractivity contribution >= 4 is 11.6 Å². The average molecular weight is 245 g/mol. The van der Waals surface area contributed by atoms with Crippen LogP contribution in [0.4, 0.5) is 10.1 Å². The first-order valence-electron chi connectivity index (χ1n) is 5.04. The molecule has 1 heterocycles. The molecule has 1 N–H and O–H groups in total. The third kappa shape index (κ3) is 2.35. The Hall–Kier alpha value is -2.68. The molecular formula is C12H8FN3O2. The fourth-order valence-electron chi connectivity index (χ4n) is 1.36. The summed E-state index contributed by atoms with van der Waals surface area (Å²) >= 11 is 0. The Bertz CT molecular complexity index is 643. The van der Waals surface area contributed by atoms with Crippen molar-refractivity contribution < 1.29 is 13.7 Å². The van der Waals surface area contributed by atoms with Crippen LogP contribution in [0.2, 0.25) is 0 Å². The van der Waals surface area contributed by atoms with E-state index in [0.717, 1.165) is 6.07 Å². The molecule has 0 aliphatic carbocycles. The van der Waals surface area contributed by atoms with Crippen LogP contribution in [0.25, 0.3) is 0 Å². The van der Waals surface area contributed by atoms with E-state index in [4.69, 9.17) is 9.78 Å². The molecule has 2 rings (SSSR count). The summed E-state index contributed by atoms with van der Waals surface area (Å²) in [5, 5.41) is 14.7. The molecule has 0 saturated heterocycles. The standard InChI is InChI=1S/C12H8FN3O2/c1-7-4-11(16-18-7)12(17)15-9-2-3-10(13)8(5-9)6-14/h2-5H,1H3,(H,15,17). The first-order valence-corrected chi connectivity index (χ1v) is 5.04. The number of halogens is 1. The van der Waals surface area contributed by atoms with Gasteiger partial charge in [0, 0.05) is 11.8 Å². The van der Waals surface area contributed by atoms with Crippen molar-refractivity contribution in [3.05, 3.63) is 47.1 Å². The minimum Gasteiger partial charge on any atom is -0.361 e. The Balaban J connectivity index is 2.20. The van der Waals surface area contributed by atoms with Crippen molar-refractivity contribution in [2.45, 2.75) is 6.92 Å². The van der Waals surface area contributed by atoms with E-state index in [1.807, 2.05) is 0 Å². The third-order valence-corrected chi connectivity index (χ3v) is 2.21. The second-order valence-corrected chi connectivity index (χ2v) is 3.58. The largest absolute Gasteiger partial charge is 0.361 e. The Labute approximate surface area is 102 Å². The molecule has 18 heavy (non-hydrogen) atoms. The molecule has 0 aliphatic rings. The molecule has 0 saturated carbocycles. The van der Waals surface area contributed by atoms with Gasteiger partial charge in [-0.1, -0.05) is 5.16 Å². The van der Waals surface area contributed by atoms with E-state index < -0.39 is 11.7 Å². The highest BCUT2D eigenvalue weighted by molar-refractivity contribution is 6.02. The summed E-state index contributed by atoms with van der Waals surface area (Å²) < 4.78 is 17.8. The number of nitrogens with zero attached hydrogens (tertiary/aromatic N) is 2. The van der Waals surface area contributed by atoms with Crippen molar-refractivity contribution in [3.63, 3.8) is 0 Å². The van der Waals surface area contributed by atoms with Crippen molar-refractivity contribution in [2.75, 3.05) is 5.32 Å². The smallest absolute Gasteiger partial charge is 0.277 e. The average Bonchev–Trinajstić information content (AvgIpc) is 2.78. The van der Waals surface area contributed by atoms with Gasteiger partial charge in [-0.25, -0.2) is 4.39 Å². The highest BCUT2D eigenvalue weighted by Crippen LogP contribution is 2.15. The maximum absolute atomic E-state index is 13.1. The fraction of sp³-hybridized carbons (Fsp3) is 0.0833. The van der Waals surface area contributed by atoms with Gasteiger partial charge in [-0.05, 0) is 25.1 Å². The maximum Gasteiger partial charge on any atom is 0.277 e. The van der Waals surface area contributed by atoms with Crippen LogP contribution in [0.1, 0.15) is 21.8 Å². The monoisotopic (exact) mass is 245 g/mol. The summed E-state index contributed by atoms with van der Waals surface area (Å²) in [4.78, 5) is 11.7. The predicted molar refractivity (Wildman–Crippen MR) is 60.3 cm³/mol. The van der Waals surface area contributed by atoms with Crippen LogP contribution >= 0.6 is 0 Å². The zero-order chi connectivity index (χ0) is 13.1. The van der Waals surface area contributed by atoms with E-state index in [1.54, 1.807) is 13.0 Å². The van der Waals surface area contributed by atoms with E-state index in [2.05, 4.69) is 10.5 Å². The molecule has 0 unspecified atom stereocenters. The van der Waals surface area contributed by atoms with Crippen LogP contribution in [-0.4, -0.2) is 11.1 Å². The van der Waals surface area contributed by atoms with Crippen molar-refractivity contribution in [1.29, 1.82) is 5.26 Å². The van der Waals surface area contributed by atoms with E-state index in [9.17, 15) is 9.18 Å². The number of aryl methyl sites for hydroxylation is 1. The number of nitrogens with one attached hydrogen (secondary N) is 1. The first kappa shape index (κ1) is 11.8. The van der Waals surface area contributed by atoms with Crippen molar-refractivity contribution in [3.8, 4) is 6.07 Å². The van der Waals surface area contributed by atoms with Crippen LogP contribution in [0.15, 0.2) is 28.8 Å². The molecule has 0 bridgehead atoms. The number of amides is 1. The van der Waals surface area contributed by atoms with Crippen molar-refractivity contribution in [1.82, 2.24) is 5.16 Å². The van der Waals surface area contributed by atoms with E-state index >= 15 is 0 Å². The van der Waals surface area contributed by atoms with Crippen LogP contribution in [0.3, 0.4) is 0 Å². The minimum atomic E-state index is -0.632. The molecule has 1 aromatic heterocycles. The lowest BCUT2D eigenvalue weighted by molar-refractivity contribution is 0.101. The SMILES string of the molecule is Cc1cc(C(=O)Nc2ccc(F)c(C#N)c2)no1. The summed E-state index contributed by atoms with van der Waals surface area (Å²) in [7, 11) is 0. The van der Waals surface area contributed by atoms with E-state index in [1.165, 1.54) is 18.2 Å². The highest BCUT2D eigenvalue weighted by Gasteiger charge is 2.12. The number of nitriles is 1. The number of hydrogen-bond donors (Lipinski definition) is 1. The first-order chi connectivity index (χ1) is 8.60. The number of rotatable bonds is 2. The quantitative estimate of drug-likeness (QED) is 0.879. The molecule has 0 fully saturated rings. The molecule has 1 aromatic carbocycles. The Morgan fingerprint density at radius 3 is 2.89 bits per heavy atom. The van der Waals surface area contributed by atoms with Crippen LogP contribution in [0, 0.1) is 24.1 Å². The molecule has 6 heteroatoms. The van der Waals surface area contributed by atoms with Crippen LogP contribution in [-0.2, 0) is 0 Å². The lowest BCUT2D eigenvalue weighted by Gasteiger charge is -2.03. The molecule has 0 spiro atoms. The number of carbonyl (C=O) groups is 1. The summed E-state index contributed by atoms with van der Waals surface area (Å²) in [5.41, 5.74) is 0.304. The number of aromatic nitrogens is 1. The highest BCUT2D eigenvalue weighted by atomic mass is 19.1. The van der Waals surface area contributed by atoms with Crippen molar-refractivity contribution in [2.24, 2.45) is 0 Å². The van der Waals surface area contributed by atoms with Crippen LogP contribution < -0.4 is 5.32 Å². The van der Waals surface area contributed by atoms with Gasteiger partial charge in [-0.15, -0.1) is 0 Å². The topological polar surface area (TPSA) is 78.9 Å². The van der Waals surface area contributed by atoms with Gasteiger partial charge in [0.05, 0.1) is 5.56 Å². The summed E-state index contributed by atoms with van der Waals surface area (Å²) in [6.45, 7) is 1.66. The summed E-state index contributed by atoms with van der Waals surface area (Å²) in [6, 6.07) is 6.89. The second kappa shape index (κ2) is 4.67. The summed E-state index contributed by atoms with van der Waals surface area (Å²) in [6.07, 6.45) is 0. The lowest BCUT2D eigenvalue weighted by atomic mass is 10.2. The van der Waals surface area contributed by atoms with Gasteiger partial charge in [-0.3, -0.25) is 4.79 Å². The normalized spacial score (nSPS) is 9.83. The van der Waals surface area contributed by atoms with Crippen LogP contribution in [0.5, 0.6) is 0 Å². The van der Waals surface area contributed by atoms with Gasteiger partial charge in [0.25, 0.3) is 5.91 Å². The molecule has 1 amide bonds. The molecule has 0 atom stereocenters. The van der Waals surface area contributed by atoms with Gasteiger partial charge >= 0.3 is 0 Å². The molecule has 5 nitrogen and oxygen atoms in total. The van der Waals surface area contributed by atoms with E-state index in [-0.39, 0.29) is 11.3 Å². The molecule has 2 aromatic rings. The van der Waals surface area contributed by atoms with E-state index in [0.29, 0.717) is 11.4 Å². The number of carbonyl (C=O) groups excluding carboxylic acids is 1. The zero-order valence-corrected chi connectivity index (χ0v) is 9.40. The predicted octanol–water partition coefficient (Wildman–Crippen LogP) is 2.25. The number of benzene rings is 1. The zero-order valence-electron chi connectivity index (χ0n) is 9.40. The Morgan fingerprint density at radius 2 is 2.28 bits per heavy atom. The molecule has 0 aliphatic heterocycles. The summed E-state index contributed by atoms with van der Waals surface area (Å²) in [5.74, 6) is -0.605. The van der Waals surface area contributed by atoms with Gasteiger partial charge in [-0.2, -0.15) is 5.26 Å². The van der Waals surface area contributed by atoms with Gasteiger partial charge < -0.3 is 9.84 Å². The Morgan fingerprint density at radius 1 is 1.50 bits per heavy atom. The fourth-order valence-corrected chi connectivity index (χ4v) is 1.36. The van der Waals surface area contributed by atoms with Gasteiger partial charge in [0.2, 0.25) is 0 Å². The van der Waals surface area contributed by atoms with Gasteiger partial charge in [0.15, 0.2) is 5.69 Å². The number of anilines is 1. The maximum atomic E-state index is 13.1. The lowest BCUT2D eigenvalue weighted by Crippen LogP contribution is -2.12. The molecular weight excluding hydrogens is 237 g/mol. The molecule has 90 valence electrons. The molecule has 0 radical (unpaired) electrons. The second-order valence-electron chi connectivity index (χ2n) is 3.58. The Kier molecular flexibility index (Phi) is 3.06. The minimum absolute atomic E-state index is 0.121. The van der Waals surface area contributed by atoms with Gasteiger partial charge in [0.1, 0.15) is 17.6 Å². The number of hydrogen-bond acceptors (Lipinski definition) is 4.